The van der Waals surface area contributed by atoms with Crippen LogP contribution in [0.5, 0.6) is 0 Å². The highest BCUT2D eigenvalue weighted by molar-refractivity contribution is 6.02. The molecule has 0 radical (unpaired) electrons. The topological polar surface area (TPSA) is 24.1 Å². The van der Waals surface area contributed by atoms with Crippen LogP contribution in [-0.2, 0) is 0 Å². The fourth-order valence-corrected chi connectivity index (χ4v) is 3.42. The predicted molar refractivity (Wildman–Crippen MR) is 130 cm³/mol. The second-order valence-electron chi connectivity index (χ2n) is 6.89. The van der Waals surface area contributed by atoms with E-state index in [4.69, 9.17) is 0 Å². The van der Waals surface area contributed by atoms with Gasteiger partial charge in [0.1, 0.15) is 0 Å². The predicted octanol–water partition coefficient (Wildman–Crippen LogP) is 7.60. The summed E-state index contributed by atoms with van der Waals surface area (Å²) in [4.78, 5) is 0. The lowest BCUT2D eigenvalue weighted by molar-refractivity contribution is 1.49. The third kappa shape index (κ3) is 4.50. The molecular formula is C28H24N2. The zero-order valence-electron chi connectivity index (χ0n) is 16.8. The van der Waals surface area contributed by atoms with Crippen LogP contribution >= 0.6 is 0 Å². The average Bonchev–Trinajstić information content (AvgIpc) is 2.82. The second-order valence-corrected chi connectivity index (χ2v) is 6.89. The van der Waals surface area contributed by atoms with Crippen molar-refractivity contribution in [1.29, 1.82) is 0 Å². The average molecular weight is 389 g/mol. The van der Waals surface area contributed by atoms with Crippen LogP contribution in [0.15, 0.2) is 128 Å². The van der Waals surface area contributed by atoms with Crippen molar-refractivity contribution in [3.8, 4) is 0 Å². The normalized spacial score (nSPS) is 11.3. The summed E-state index contributed by atoms with van der Waals surface area (Å²) in [6.07, 6.45) is 1.92. The van der Waals surface area contributed by atoms with Crippen LogP contribution in [0.2, 0.25) is 0 Å². The quantitative estimate of drug-likeness (QED) is 0.252. The van der Waals surface area contributed by atoms with Crippen molar-refractivity contribution in [2.45, 2.75) is 0 Å². The fraction of sp³-hybridized carbons (Fsp3) is 0. The van der Waals surface area contributed by atoms with Crippen molar-refractivity contribution in [3.63, 3.8) is 0 Å². The van der Waals surface area contributed by atoms with Crippen LogP contribution in [0, 0.1) is 0 Å². The molecule has 0 aliphatic heterocycles. The number of anilines is 3. The molecule has 0 aliphatic carbocycles. The summed E-state index contributed by atoms with van der Waals surface area (Å²) in [5.74, 6) is 0. The Morgan fingerprint density at radius 1 is 0.600 bits per heavy atom. The van der Waals surface area contributed by atoms with Crippen molar-refractivity contribution < 1.29 is 0 Å². The third-order valence-electron chi connectivity index (χ3n) is 4.85. The molecule has 146 valence electrons. The van der Waals surface area contributed by atoms with Gasteiger partial charge >= 0.3 is 0 Å². The molecule has 0 unspecified atom stereocenters. The van der Waals surface area contributed by atoms with Gasteiger partial charge < -0.3 is 10.6 Å². The van der Waals surface area contributed by atoms with E-state index < -0.39 is 0 Å². The van der Waals surface area contributed by atoms with Gasteiger partial charge in [-0.05, 0) is 35.9 Å². The molecule has 0 spiro atoms. The number of benzene rings is 4. The summed E-state index contributed by atoms with van der Waals surface area (Å²) in [5.41, 5.74) is 7.34. The molecule has 0 saturated heterocycles. The van der Waals surface area contributed by atoms with Crippen molar-refractivity contribution in [2.75, 3.05) is 10.6 Å². The Kier molecular flexibility index (Phi) is 6.07. The Bertz CT molecular complexity index is 1130. The van der Waals surface area contributed by atoms with Gasteiger partial charge in [-0.1, -0.05) is 97.6 Å². The van der Waals surface area contributed by atoms with E-state index in [1.807, 2.05) is 54.6 Å². The molecule has 4 rings (SSSR count). The van der Waals surface area contributed by atoms with Crippen molar-refractivity contribution in [1.82, 2.24) is 0 Å². The maximum Gasteiger partial charge on any atom is 0.0538 e. The summed E-state index contributed by atoms with van der Waals surface area (Å²) in [7, 11) is 0. The van der Waals surface area contributed by atoms with Crippen molar-refractivity contribution in [3.05, 3.63) is 139 Å². The number of hydrogen-bond donors (Lipinski definition) is 2. The molecule has 0 amide bonds. The number of rotatable bonds is 7. The first-order chi connectivity index (χ1) is 14.8. The number of allylic oxidation sites excluding steroid dienone is 2. The molecule has 2 heteroatoms. The van der Waals surface area contributed by atoms with E-state index in [2.05, 4.69) is 83.9 Å². The minimum Gasteiger partial charge on any atom is -0.355 e. The van der Waals surface area contributed by atoms with E-state index >= 15 is 0 Å². The second kappa shape index (κ2) is 9.44. The summed E-state index contributed by atoms with van der Waals surface area (Å²) in [6.45, 7) is 4.15. The molecule has 0 aromatic heterocycles. The van der Waals surface area contributed by atoms with Gasteiger partial charge in [0.25, 0.3) is 0 Å². The van der Waals surface area contributed by atoms with Gasteiger partial charge in [-0.25, -0.2) is 0 Å². The van der Waals surface area contributed by atoms with E-state index in [0.717, 1.165) is 39.5 Å². The summed E-state index contributed by atoms with van der Waals surface area (Å²) in [5, 5.41) is 7.16. The minimum absolute atomic E-state index is 1.01. The lowest BCUT2D eigenvalue weighted by Crippen LogP contribution is -2.04. The van der Waals surface area contributed by atoms with Gasteiger partial charge in [0.15, 0.2) is 0 Å². The highest BCUT2D eigenvalue weighted by Crippen LogP contribution is 2.34. The lowest BCUT2D eigenvalue weighted by atomic mass is 9.97. The number of para-hydroxylation sites is 3. The SMILES string of the molecule is C=CC(=C(Nc1ccccc1)c1ccccc1)c1ccccc1Nc1ccccc1. The molecule has 2 nitrogen and oxygen atoms in total. The monoisotopic (exact) mass is 388 g/mol. The van der Waals surface area contributed by atoms with Crippen LogP contribution in [0.3, 0.4) is 0 Å². The Morgan fingerprint density at radius 3 is 1.77 bits per heavy atom. The summed E-state index contributed by atoms with van der Waals surface area (Å²) in [6, 6.07) is 39.1. The Morgan fingerprint density at radius 2 is 1.13 bits per heavy atom. The fourth-order valence-electron chi connectivity index (χ4n) is 3.42. The Balaban J connectivity index is 1.85. The molecule has 30 heavy (non-hydrogen) atoms. The summed E-state index contributed by atoms with van der Waals surface area (Å²) >= 11 is 0. The van der Waals surface area contributed by atoms with Gasteiger partial charge in [0.2, 0.25) is 0 Å². The molecular weight excluding hydrogens is 364 g/mol. The van der Waals surface area contributed by atoms with Crippen LogP contribution in [0.1, 0.15) is 11.1 Å². The van der Waals surface area contributed by atoms with Crippen LogP contribution in [0.25, 0.3) is 11.3 Å². The van der Waals surface area contributed by atoms with E-state index in [1.165, 1.54) is 0 Å². The highest BCUT2D eigenvalue weighted by Gasteiger charge is 2.13. The third-order valence-corrected chi connectivity index (χ3v) is 4.85. The molecule has 0 saturated carbocycles. The molecule has 0 fully saturated rings. The van der Waals surface area contributed by atoms with E-state index in [0.29, 0.717) is 0 Å². The molecule has 0 heterocycles. The first kappa shape index (κ1) is 19.3. The van der Waals surface area contributed by atoms with Gasteiger partial charge in [-0.15, -0.1) is 0 Å². The first-order valence-corrected chi connectivity index (χ1v) is 10.0. The van der Waals surface area contributed by atoms with Crippen LogP contribution in [0.4, 0.5) is 17.1 Å². The minimum atomic E-state index is 1.01. The molecule has 4 aromatic rings. The van der Waals surface area contributed by atoms with Crippen molar-refractivity contribution >= 4 is 28.3 Å². The molecule has 0 atom stereocenters. The molecule has 2 N–H and O–H groups in total. The molecule has 0 bridgehead atoms. The van der Waals surface area contributed by atoms with Gasteiger partial charge in [-0.3, -0.25) is 0 Å². The largest absolute Gasteiger partial charge is 0.355 e. The lowest BCUT2D eigenvalue weighted by Gasteiger charge is -2.19. The van der Waals surface area contributed by atoms with E-state index in [-0.39, 0.29) is 0 Å². The maximum absolute atomic E-state index is 4.15. The molecule has 4 aromatic carbocycles. The van der Waals surface area contributed by atoms with E-state index in [1.54, 1.807) is 0 Å². The first-order valence-electron chi connectivity index (χ1n) is 10.0. The Labute approximate surface area is 178 Å². The van der Waals surface area contributed by atoms with Crippen LogP contribution < -0.4 is 10.6 Å². The zero-order chi connectivity index (χ0) is 20.6. The standard InChI is InChI=1S/C28H24N2/c1-2-25(26-20-12-13-21-27(26)29-23-16-8-4-9-17-23)28(22-14-6-3-7-15-22)30-24-18-10-5-11-19-24/h2-21,29-30H,1H2. The van der Waals surface area contributed by atoms with Gasteiger partial charge in [-0.2, -0.15) is 0 Å². The van der Waals surface area contributed by atoms with Gasteiger partial charge in [0.05, 0.1) is 5.70 Å². The smallest absolute Gasteiger partial charge is 0.0538 e. The van der Waals surface area contributed by atoms with Crippen molar-refractivity contribution in [2.24, 2.45) is 0 Å². The van der Waals surface area contributed by atoms with Gasteiger partial charge in [0, 0.05) is 28.2 Å². The highest BCUT2D eigenvalue weighted by atomic mass is 14.9. The zero-order valence-corrected chi connectivity index (χ0v) is 16.8. The summed E-state index contributed by atoms with van der Waals surface area (Å²) < 4.78 is 0. The van der Waals surface area contributed by atoms with Crippen LogP contribution in [-0.4, -0.2) is 0 Å². The van der Waals surface area contributed by atoms with E-state index in [9.17, 15) is 0 Å². The molecule has 0 aliphatic rings. The maximum atomic E-state index is 4.15. The number of hydrogen-bond acceptors (Lipinski definition) is 2. The number of nitrogens with one attached hydrogen (secondary N) is 2. The Hall–Kier alpha value is -4.04.